The molecule has 0 aromatic heterocycles. The third-order valence-corrected chi connectivity index (χ3v) is 5.40. The number of rotatable bonds is 6. The molecule has 2 fully saturated rings. The number of alkyl carbamates (subject to hydrolysis) is 1. The summed E-state index contributed by atoms with van der Waals surface area (Å²) in [5.41, 5.74) is -0.500. The van der Waals surface area contributed by atoms with E-state index < -0.39 is 5.60 Å². The lowest BCUT2D eigenvalue weighted by Gasteiger charge is -2.30. The minimum absolute atomic E-state index is 0. The van der Waals surface area contributed by atoms with E-state index in [1.807, 2.05) is 27.8 Å². The molecule has 0 saturated carbocycles. The van der Waals surface area contributed by atoms with Crippen LogP contribution in [0.1, 0.15) is 41.0 Å². The minimum atomic E-state index is -0.500. The molecule has 2 heterocycles. The largest absolute Gasteiger partial charge is 0.444 e. The molecule has 0 aliphatic carbocycles. The highest BCUT2D eigenvalue weighted by Crippen LogP contribution is 2.18. The Hall–Kier alpha value is -0.810. The number of ether oxygens (including phenoxy) is 2. The van der Waals surface area contributed by atoms with Crippen molar-refractivity contribution >= 4 is 36.0 Å². The number of halogens is 1. The molecule has 8 nitrogen and oxygen atoms in total. The number of carbonyl (C=O) groups is 1. The maximum absolute atomic E-state index is 12.2. The number of nitrogens with zero attached hydrogens (tertiary/aromatic N) is 3. The Kier molecular flexibility index (Phi) is 11.7. The molecule has 2 atom stereocenters. The van der Waals surface area contributed by atoms with Gasteiger partial charge in [-0.05, 0) is 39.0 Å². The number of guanidine groups is 1. The molecular weight excluding hydrogens is 497 g/mol. The Labute approximate surface area is 199 Å². The number of morpholine rings is 1. The number of aliphatic imine (C=N–C) groups is 1. The van der Waals surface area contributed by atoms with Gasteiger partial charge in [0, 0.05) is 46.3 Å². The van der Waals surface area contributed by atoms with E-state index in [0.29, 0.717) is 12.5 Å². The normalized spacial score (nSPS) is 21.9. The number of likely N-dealkylation sites (tertiary alicyclic amines) is 1. The Morgan fingerprint density at radius 1 is 1.23 bits per heavy atom. The third-order valence-electron chi connectivity index (χ3n) is 5.40. The molecule has 30 heavy (non-hydrogen) atoms. The number of hydrogen-bond donors (Lipinski definition) is 2. The van der Waals surface area contributed by atoms with Crippen molar-refractivity contribution in [1.82, 2.24) is 20.4 Å². The Morgan fingerprint density at radius 3 is 2.47 bits per heavy atom. The van der Waals surface area contributed by atoms with E-state index in [9.17, 15) is 4.79 Å². The van der Waals surface area contributed by atoms with Crippen LogP contribution in [0.25, 0.3) is 0 Å². The van der Waals surface area contributed by atoms with E-state index in [-0.39, 0.29) is 42.0 Å². The van der Waals surface area contributed by atoms with Crippen molar-refractivity contribution in [2.45, 2.75) is 52.7 Å². The zero-order valence-electron chi connectivity index (χ0n) is 19.6. The number of hydrogen-bond acceptors (Lipinski definition) is 5. The fourth-order valence-electron chi connectivity index (χ4n) is 3.77. The number of amides is 1. The smallest absolute Gasteiger partial charge is 0.407 e. The molecule has 0 aromatic carbocycles. The monoisotopic (exact) mass is 539 g/mol. The van der Waals surface area contributed by atoms with Crippen molar-refractivity contribution in [2.24, 2.45) is 16.8 Å². The van der Waals surface area contributed by atoms with Crippen LogP contribution in [-0.2, 0) is 9.47 Å². The SMILES string of the molecule is CN=C(NCC(NC(=O)OC(C)(C)C)C(C)C)N1CCC(CN2CCOCC2)C1.I. The lowest BCUT2D eigenvalue weighted by molar-refractivity contribution is 0.0315. The molecule has 2 N–H and O–H groups in total. The Morgan fingerprint density at radius 2 is 1.90 bits per heavy atom. The van der Waals surface area contributed by atoms with Crippen LogP contribution in [0.15, 0.2) is 4.99 Å². The van der Waals surface area contributed by atoms with Gasteiger partial charge in [-0.15, -0.1) is 24.0 Å². The van der Waals surface area contributed by atoms with Crippen molar-refractivity contribution in [2.75, 3.05) is 59.5 Å². The average Bonchev–Trinajstić information content (AvgIpc) is 3.08. The first kappa shape index (κ1) is 27.2. The van der Waals surface area contributed by atoms with Gasteiger partial charge in [0.25, 0.3) is 0 Å². The summed E-state index contributed by atoms with van der Waals surface area (Å²) in [4.78, 5) is 21.5. The molecular formula is C21H42IN5O3. The van der Waals surface area contributed by atoms with Gasteiger partial charge in [0.1, 0.15) is 5.60 Å². The minimum Gasteiger partial charge on any atom is -0.444 e. The predicted molar refractivity (Wildman–Crippen MR) is 132 cm³/mol. The second kappa shape index (κ2) is 12.9. The summed E-state index contributed by atoms with van der Waals surface area (Å²) >= 11 is 0. The van der Waals surface area contributed by atoms with Gasteiger partial charge in [0.15, 0.2) is 5.96 Å². The molecule has 2 rings (SSSR count). The van der Waals surface area contributed by atoms with Crippen LogP contribution in [0.5, 0.6) is 0 Å². The topological polar surface area (TPSA) is 78.4 Å². The Balaban J connectivity index is 0.00000450. The standard InChI is InChI=1S/C21H41N5O3.HI/c1-16(2)18(24-20(27)29-21(3,4)5)13-23-19(22-6)26-8-7-17(15-26)14-25-9-11-28-12-10-25;/h16-18H,7-15H2,1-6H3,(H,22,23)(H,24,27);1H. The van der Waals surface area contributed by atoms with Crippen molar-refractivity contribution < 1.29 is 14.3 Å². The van der Waals surface area contributed by atoms with Crippen LogP contribution in [0.4, 0.5) is 4.79 Å². The third kappa shape index (κ3) is 9.55. The molecule has 0 aromatic rings. The first-order valence-electron chi connectivity index (χ1n) is 10.9. The molecule has 1 amide bonds. The van der Waals surface area contributed by atoms with E-state index in [0.717, 1.165) is 51.9 Å². The highest BCUT2D eigenvalue weighted by Gasteiger charge is 2.28. The van der Waals surface area contributed by atoms with Crippen molar-refractivity contribution in [3.8, 4) is 0 Å². The van der Waals surface area contributed by atoms with Crippen LogP contribution >= 0.6 is 24.0 Å². The van der Waals surface area contributed by atoms with Gasteiger partial charge in [-0.2, -0.15) is 0 Å². The highest BCUT2D eigenvalue weighted by atomic mass is 127. The molecule has 2 unspecified atom stereocenters. The zero-order valence-corrected chi connectivity index (χ0v) is 21.9. The first-order chi connectivity index (χ1) is 13.7. The summed E-state index contributed by atoms with van der Waals surface area (Å²) in [6.07, 6.45) is 0.807. The van der Waals surface area contributed by atoms with Crippen LogP contribution < -0.4 is 10.6 Å². The maximum atomic E-state index is 12.2. The quantitative estimate of drug-likeness (QED) is 0.307. The van der Waals surface area contributed by atoms with E-state index in [1.165, 1.54) is 6.42 Å². The number of carbonyl (C=O) groups excluding carboxylic acids is 1. The van der Waals surface area contributed by atoms with E-state index >= 15 is 0 Å². The zero-order chi connectivity index (χ0) is 21.4. The van der Waals surface area contributed by atoms with Crippen LogP contribution in [0, 0.1) is 11.8 Å². The summed E-state index contributed by atoms with van der Waals surface area (Å²) in [5, 5.41) is 6.45. The van der Waals surface area contributed by atoms with E-state index in [4.69, 9.17) is 9.47 Å². The summed E-state index contributed by atoms with van der Waals surface area (Å²) < 4.78 is 10.9. The molecule has 2 saturated heterocycles. The summed E-state index contributed by atoms with van der Waals surface area (Å²) in [7, 11) is 1.82. The lowest BCUT2D eigenvalue weighted by atomic mass is 10.0. The molecule has 0 radical (unpaired) electrons. The summed E-state index contributed by atoms with van der Waals surface area (Å²) in [6.45, 7) is 17.4. The maximum Gasteiger partial charge on any atom is 0.407 e. The second-order valence-electron chi connectivity index (χ2n) is 9.44. The van der Waals surface area contributed by atoms with Crippen LogP contribution in [-0.4, -0.2) is 93.0 Å². The number of nitrogens with one attached hydrogen (secondary N) is 2. The van der Waals surface area contributed by atoms with Gasteiger partial charge in [-0.1, -0.05) is 13.8 Å². The van der Waals surface area contributed by atoms with Gasteiger partial charge < -0.3 is 25.0 Å². The van der Waals surface area contributed by atoms with Crippen LogP contribution in [0.3, 0.4) is 0 Å². The second-order valence-corrected chi connectivity index (χ2v) is 9.44. The fourth-order valence-corrected chi connectivity index (χ4v) is 3.77. The van der Waals surface area contributed by atoms with Crippen LogP contribution in [0.2, 0.25) is 0 Å². The first-order valence-corrected chi connectivity index (χ1v) is 10.9. The molecule has 2 aliphatic rings. The highest BCUT2D eigenvalue weighted by molar-refractivity contribution is 14.0. The predicted octanol–water partition coefficient (Wildman–Crippen LogP) is 2.38. The summed E-state index contributed by atoms with van der Waals surface area (Å²) in [5.74, 6) is 1.85. The molecule has 0 spiro atoms. The summed E-state index contributed by atoms with van der Waals surface area (Å²) in [6, 6.07) is -0.0339. The van der Waals surface area contributed by atoms with Crippen molar-refractivity contribution in [3.05, 3.63) is 0 Å². The molecule has 176 valence electrons. The molecule has 0 bridgehead atoms. The van der Waals surface area contributed by atoms with E-state index in [2.05, 4.69) is 39.3 Å². The van der Waals surface area contributed by atoms with Crippen molar-refractivity contribution in [3.63, 3.8) is 0 Å². The average molecular weight is 540 g/mol. The van der Waals surface area contributed by atoms with Crippen molar-refractivity contribution in [1.29, 1.82) is 0 Å². The molecule has 2 aliphatic heterocycles. The molecule has 9 heteroatoms. The lowest BCUT2D eigenvalue weighted by Crippen LogP contribution is -2.50. The fraction of sp³-hybridized carbons (Fsp3) is 0.905. The Bertz CT molecular complexity index is 547. The van der Waals surface area contributed by atoms with Gasteiger partial charge in [0.05, 0.1) is 19.3 Å². The van der Waals surface area contributed by atoms with Gasteiger partial charge in [-0.25, -0.2) is 4.79 Å². The van der Waals surface area contributed by atoms with Gasteiger partial charge >= 0.3 is 6.09 Å². The van der Waals surface area contributed by atoms with Gasteiger partial charge in [-0.3, -0.25) is 9.89 Å². The van der Waals surface area contributed by atoms with E-state index in [1.54, 1.807) is 0 Å². The van der Waals surface area contributed by atoms with Gasteiger partial charge in [0.2, 0.25) is 0 Å².